The zero-order valence-corrected chi connectivity index (χ0v) is 11.9. The molecule has 0 saturated carbocycles. The van der Waals surface area contributed by atoms with Gasteiger partial charge in [-0.15, -0.1) is 0 Å². The highest BCUT2D eigenvalue weighted by molar-refractivity contribution is 7.85. The molecular weight excluding hydrogens is 280 g/mol. The number of amides is 1. The fraction of sp³-hybridized carbons (Fsp3) is 0.462. The average Bonchev–Trinajstić information content (AvgIpc) is 2.69. The smallest absolute Gasteiger partial charge is 0.233 e. The number of carbonyl (C=O) groups excluding carboxylic acids is 1. The molecule has 7 heteroatoms. The van der Waals surface area contributed by atoms with Crippen LogP contribution in [0.2, 0.25) is 0 Å². The number of hydrogen-bond acceptors (Lipinski definition) is 5. The summed E-state index contributed by atoms with van der Waals surface area (Å²) in [6.07, 6.45) is 0.814. The summed E-state index contributed by atoms with van der Waals surface area (Å²) in [5.41, 5.74) is 5.29. The monoisotopic (exact) mass is 298 g/mol. The van der Waals surface area contributed by atoms with Gasteiger partial charge in [-0.3, -0.25) is 9.00 Å². The van der Waals surface area contributed by atoms with Crippen LogP contribution in [0.5, 0.6) is 11.5 Å². The van der Waals surface area contributed by atoms with Crippen LogP contribution in [0.1, 0.15) is 6.42 Å². The van der Waals surface area contributed by atoms with Crippen LogP contribution in [0, 0.1) is 0 Å². The maximum absolute atomic E-state index is 12.1. The minimum Gasteiger partial charge on any atom is -0.490 e. The standard InChI is InChI=1S/C13H18N2O4S/c14-4-5-15-13(16)9-20(17)10-2-3-11-12(8-10)19-7-1-6-18-11/h2-3,8H,1,4-7,9,14H2,(H,15,16). The van der Waals surface area contributed by atoms with Crippen molar-refractivity contribution in [3.8, 4) is 11.5 Å². The molecule has 1 aromatic rings. The summed E-state index contributed by atoms with van der Waals surface area (Å²) in [4.78, 5) is 12.1. The molecule has 0 aliphatic carbocycles. The molecule has 1 heterocycles. The van der Waals surface area contributed by atoms with Crippen molar-refractivity contribution in [1.82, 2.24) is 5.32 Å². The van der Waals surface area contributed by atoms with Gasteiger partial charge in [-0.25, -0.2) is 0 Å². The van der Waals surface area contributed by atoms with Crippen molar-refractivity contribution >= 4 is 16.7 Å². The Labute approximate surface area is 120 Å². The first kappa shape index (κ1) is 14.8. The van der Waals surface area contributed by atoms with Crippen LogP contribution in [-0.2, 0) is 15.6 Å². The first-order valence-corrected chi connectivity index (χ1v) is 7.77. The van der Waals surface area contributed by atoms with Crippen LogP contribution in [0.15, 0.2) is 23.1 Å². The second-order valence-corrected chi connectivity index (χ2v) is 5.74. The number of ether oxygens (including phenoxy) is 2. The van der Waals surface area contributed by atoms with Crippen molar-refractivity contribution < 1.29 is 18.5 Å². The molecule has 1 amide bonds. The third kappa shape index (κ3) is 3.94. The minimum atomic E-state index is -1.41. The maximum Gasteiger partial charge on any atom is 0.233 e. The molecule has 0 spiro atoms. The number of fused-ring (bicyclic) bond motifs is 1. The number of hydrogen-bond donors (Lipinski definition) is 2. The Kier molecular flexibility index (Phi) is 5.37. The summed E-state index contributed by atoms with van der Waals surface area (Å²) in [5, 5.41) is 2.59. The van der Waals surface area contributed by atoms with Crippen LogP contribution >= 0.6 is 0 Å². The highest BCUT2D eigenvalue weighted by atomic mass is 32.2. The summed E-state index contributed by atoms with van der Waals surface area (Å²) in [5.74, 6) is 0.868. The topological polar surface area (TPSA) is 90.7 Å². The first-order chi connectivity index (χ1) is 9.70. The van der Waals surface area contributed by atoms with Gasteiger partial charge >= 0.3 is 0 Å². The van der Waals surface area contributed by atoms with Crippen molar-refractivity contribution in [3.63, 3.8) is 0 Å². The van der Waals surface area contributed by atoms with E-state index in [2.05, 4.69) is 5.32 Å². The lowest BCUT2D eigenvalue weighted by Crippen LogP contribution is -2.32. The van der Waals surface area contributed by atoms with E-state index in [1.807, 2.05) is 0 Å². The predicted molar refractivity (Wildman–Crippen MR) is 75.4 cm³/mol. The van der Waals surface area contributed by atoms with E-state index in [0.717, 1.165) is 6.42 Å². The van der Waals surface area contributed by atoms with E-state index in [4.69, 9.17) is 15.2 Å². The lowest BCUT2D eigenvalue weighted by atomic mass is 10.3. The van der Waals surface area contributed by atoms with E-state index >= 15 is 0 Å². The lowest BCUT2D eigenvalue weighted by molar-refractivity contribution is -0.118. The van der Waals surface area contributed by atoms with Crippen LogP contribution in [0.25, 0.3) is 0 Å². The second kappa shape index (κ2) is 7.25. The van der Waals surface area contributed by atoms with Crippen molar-refractivity contribution in [1.29, 1.82) is 0 Å². The Balaban J connectivity index is 2.03. The number of nitrogens with one attached hydrogen (secondary N) is 1. The van der Waals surface area contributed by atoms with Crippen molar-refractivity contribution in [2.75, 3.05) is 32.1 Å². The van der Waals surface area contributed by atoms with Crippen molar-refractivity contribution in [3.05, 3.63) is 18.2 Å². The zero-order chi connectivity index (χ0) is 14.4. The van der Waals surface area contributed by atoms with Crippen LogP contribution in [-0.4, -0.2) is 42.2 Å². The average molecular weight is 298 g/mol. The van der Waals surface area contributed by atoms with Gasteiger partial charge in [0.05, 0.1) is 24.0 Å². The van der Waals surface area contributed by atoms with Gasteiger partial charge in [-0.2, -0.15) is 0 Å². The second-order valence-electron chi connectivity index (χ2n) is 4.29. The third-order valence-electron chi connectivity index (χ3n) is 2.71. The van der Waals surface area contributed by atoms with E-state index in [0.29, 0.717) is 42.7 Å². The molecule has 6 nitrogen and oxygen atoms in total. The molecule has 0 fully saturated rings. The predicted octanol–water partition coefficient (Wildman–Crippen LogP) is 0.0304. The Morgan fingerprint density at radius 3 is 2.80 bits per heavy atom. The summed E-state index contributed by atoms with van der Waals surface area (Å²) in [6, 6.07) is 5.10. The van der Waals surface area contributed by atoms with E-state index in [9.17, 15) is 9.00 Å². The highest BCUT2D eigenvalue weighted by Crippen LogP contribution is 2.31. The summed E-state index contributed by atoms with van der Waals surface area (Å²) in [7, 11) is -1.41. The fourth-order valence-corrected chi connectivity index (χ4v) is 2.72. The summed E-state index contributed by atoms with van der Waals surface area (Å²) < 4.78 is 23.1. The third-order valence-corrected chi connectivity index (χ3v) is 4.01. The van der Waals surface area contributed by atoms with Crippen LogP contribution in [0.3, 0.4) is 0 Å². The molecule has 1 unspecified atom stereocenters. The molecule has 1 aliphatic heterocycles. The van der Waals surface area contributed by atoms with Gasteiger partial charge in [0, 0.05) is 30.5 Å². The van der Waals surface area contributed by atoms with E-state index in [-0.39, 0.29) is 11.7 Å². The SMILES string of the molecule is NCCNC(=O)CS(=O)c1ccc2c(c1)OCCCO2. The van der Waals surface area contributed by atoms with E-state index in [1.165, 1.54) is 0 Å². The molecule has 0 bridgehead atoms. The molecule has 110 valence electrons. The van der Waals surface area contributed by atoms with Gasteiger partial charge in [-0.1, -0.05) is 0 Å². The molecule has 0 saturated heterocycles. The van der Waals surface area contributed by atoms with Gasteiger partial charge in [0.25, 0.3) is 0 Å². The number of benzene rings is 1. The fourth-order valence-electron chi connectivity index (χ4n) is 1.75. The number of rotatable bonds is 5. The van der Waals surface area contributed by atoms with Crippen LogP contribution < -0.4 is 20.5 Å². The Morgan fingerprint density at radius 1 is 1.30 bits per heavy atom. The minimum absolute atomic E-state index is 0.0837. The molecule has 20 heavy (non-hydrogen) atoms. The van der Waals surface area contributed by atoms with E-state index in [1.54, 1.807) is 18.2 Å². The molecular formula is C13H18N2O4S. The molecule has 0 radical (unpaired) electrons. The zero-order valence-electron chi connectivity index (χ0n) is 11.1. The van der Waals surface area contributed by atoms with Crippen molar-refractivity contribution in [2.45, 2.75) is 11.3 Å². The van der Waals surface area contributed by atoms with Gasteiger partial charge in [0.2, 0.25) is 5.91 Å². The first-order valence-electron chi connectivity index (χ1n) is 6.45. The molecule has 3 N–H and O–H groups in total. The summed E-state index contributed by atoms with van der Waals surface area (Å²) in [6.45, 7) is 1.93. The van der Waals surface area contributed by atoms with Crippen molar-refractivity contribution in [2.24, 2.45) is 5.73 Å². The molecule has 1 aliphatic rings. The number of nitrogens with two attached hydrogens (primary N) is 1. The van der Waals surface area contributed by atoms with Gasteiger partial charge in [0.15, 0.2) is 11.5 Å². The lowest BCUT2D eigenvalue weighted by Gasteiger charge is -2.09. The van der Waals surface area contributed by atoms with Crippen LogP contribution in [0.4, 0.5) is 0 Å². The quantitative estimate of drug-likeness (QED) is 0.800. The van der Waals surface area contributed by atoms with E-state index < -0.39 is 10.8 Å². The Morgan fingerprint density at radius 2 is 2.05 bits per heavy atom. The normalized spacial score (nSPS) is 15.2. The molecule has 1 aromatic carbocycles. The Bertz CT molecular complexity index is 507. The molecule has 1 atom stereocenters. The summed E-state index contributed by atoms with van der Waals surface area (Å²) >= 11 is 0. The molecule has 2 rings (SSSR count). The van der Waals surface area contributed by atoms with Gasteiger partial charge in [0.1, 0.15) is 5.75 Å². The number of carbonyl (C=O) groups is 1. The Hall–Kier alpha value is -1.60. The highest BCUT2D eigenvalue weighted by Gasteiger charge is 2.15. The van der Waals surface area contributed by atoms with Gasteiger partial charge in [-0.05, 0) is 12.1 Å². The molecule has 0 aromatic heterocycles. The largest absolute Gasteiger partial charge is 0.490 e. The maximum atomic E-state index is 12.1. The van der Waals surface area contributed by atoms with Gasteiger partial charge < -0.3 is 20.5 Å².